The number of aromatic amines is 1. The van der Waals surface area contributed by atoms with Gasteiger partial charge in [-0.05, 0) is 74.9 Å². The van der Waals surface area contributed by atoms with Crippen molar-refractivity contribution < 1.29 is 4.79 Å². The van der Waals surface area contributed by atoms with Gasteiger partial charge in [0.25, 0.3) is 0 Å². The van der Waals surface area contributed by atoms with Crippen LogP contribution in [0.4, 0.5) is 5.69 Å². The Labute approximate surface area is 148 Å². The van der Waals surface area contributed by atoms with Gasteiger partial charge in [0.2, 0.25) is 5.91 Å². The highest BCUT2D eigenvalue weighted by Gasteiger charge is 2.58. The number of carbonyl (C=O) groups excluding carboxylic acids is 1. The fourth-order valence-corrected chi connectivity index (χ4v) is 4.30. The standard InChI is InChI=1S/C20H26N4O/c1-14-9-15(2)11-16(10-14)23-19(25)17-12-20(17)3-7-24(8-4-20)13-18-21-5-6-22-18/h5-6,9-11,17H,3-4,7-8,12-13H2,1-2H3,(H,21,22)(H,23,25)/t17-/m0/s1. The maximum atomic E-state index is 12.7. The van der Waals surface area contributed by atoms with E-state index < -0.39 is 0 Å². The van der Waals surface area contributed by atoms with Gasteiger partial charge in [0.05, 0.1) is 6.54 Å². The number of imidazole rings is 1. The number of nitrogens with one attached hydrogen (secondary N) is 2. The average Bonchev–Trinajstić information content (AvgIpc) is 3.01. The zero-order valence-corrected chi connectivity index (χ0v) is 15.0. The fraction of sp³-hybridized carbons (Fsp3) is 0.500. The molecular formula is C20H26N4O. The van der Waals surface area contributed by atoms with E-state index in [0.717, 1.165) is 50.4 Å². The van der Waals surface area contributed by atoms with Crippen molar-refractivity contribution >= 4 is 11.6 Å². The van der Waals surface area contributed by atoms with Crippen molar-refractivity contribution in [1.29, 1.82) is 0 Å². The minimum atomic E-state index is 0.180. The van der Waals surface area contributed by atoms with Crippen LogP contribution in [0, 0.1) is 25.2 Å². The number of benzene rings is 1. The monoisotopic (exact) mass is 338 g/mol. The van der Waals surface area contributed by atoms with E-state index in [9.17, 15) is 4.79 Å². The molecule has 25 heavy (non-hydrogen) atoms. The normalized spacial score (nSPS) is 22.1. The van der Waals surface area contributed by atoms with Gasteiger partial charge < -0.3 is 10.3 Å². The summed E-state index contributed by atoms with van der Waals surface area (Å²) in [5.41, 5.74) is 3.54. The summed E-state index contributed by atoms with van der Waals surface area (Å²) in [5, 5.41) is 3.14. The lowest BCUT2D eigenvalue weighted by Crippen LogP contribution is -2.36. The number of likely N-dealkylation sites (tertiary alicyclic amines) is 1. The molecule has 1 amide bonds. The molecule has 2 heterocycles. The van der Waals surface area contributed by atoms with Crippen LogP contribution in [0.1, 0.15) is 36.2 Å². The maximum Gasteiger partial charge on any atom is 0.228 e. The van der Waals surface area contributed by atoms with Crippen molar-refractivity contribution in [1.82, 2.24) is 14.9 Å². The second-order valence-corrected chi connectivity index (χ2v) is 7.80. The first-order valence-corrected chi connectivity index (χ1v) is 9.14. The molecule has 0 bridgehead atoms. The summed E-state index contributed by atoms with van der Waals surface area (Å²) in [7, 11) is 0. The van der Waals surface area contributed by atoms with Gasteiger partial charge in [0.15, 0.2) is 0 Å². The lowest BCUT2D eigenvalue weighted by molar-refractivity contribution is -0.118. The van der Waals surface area contributed by atoms with E-state index in [0.29, 0.717) is 0 Å². The Morgan fingerprint density at radius 1 is 1.28 bits per heavy atom. The highest BCUT2D eigenvalue weighted by atomic mass is 16.2. The molecule has 1 saturated heterocycles. The van der Waals surface area contributed by atoms with Crippen molar-refractivity contribution in [2.75, 3.05) is 18.4 Å². The number of aryl methyl sites for hydroxylation is 2. The molecule has 0 radical (unpaired) electrons. The molecule has 0 unspecified atom stereocenters. The SMILES string of the molecule is Cc1cc(C)cc(NC(=O)[C@@H]2CC23CCN(Cc2ncc[nH]2)CC3)c1. The van der Waals surface area contributed by atoms with Gasteiger partial charge in [-0.1, -0.05) is 6.07 Å². The minimum absolute atomic E-state index is 0.180. The van der Waals surface area contributed by atoms with Crippen molar-refractivity contribution in [3.05, 3.63) is 47.5 Å². The molecular weight excluding hydrogens is 312 g/mol. The number of H-pyrrole nitrogens is 1. The molecule has 1 aliphatic heterocycles. The number of aromatic nitrogens is 2. The fourth-order valence-electron chi connectivity index (χ4n) is 4.30. The van der Waals surface area contributed by atoms with E-state index in [2.05, 4.69) is 40.1 Å². The Morgan fingerprint density at radius 2 is 2.00 bits per heavy atom. The number of hydrogen-bond donors (Lipinski definition) is 2. The Bertz CT molecular complexity index is 740. The van der Waals surface area contributed by atoms with Gasteiger partial charge >= 0.3 is 0 Å². The Balaban J connectivity index is 1.32. The molecule has 2 aromatic rings. The first-order chi connectivity index (χ1) is 12.0. The lowest BCUT2D eigenvalue weighted by Gasteiger charge is -2.32. The van der Waals surface area contributed by atoms with Crippen LogP contribution in [-0.2, 0) is 11.3 Å². The molecule has 1 saturated carbocycles. The van der Waals surface area contributed by atoms with Gasteiger partial charge in [-0.15, -0.1) is 0 Å². The number of nitrogens with zero attached hydrogens (tertiary/aromatic N) is 2. The summed E-state index contributed by atoms with van der Waals surface area (Å²) >= 11 is 0. The van der Waals surface area contributed by atoms with E-state index in [1.54, 1.807) is 6.20 Å². The molecule has 1 aromatic carbocycles. The highest BCUT2D eigenvalue weighted by molar-refractivity contribution is 5.95. The summed E-state index contributed by atoms with van der Waals surface area (Å²) in [6, 6.07) is 6.22. The number of amides is 1. The third-order valence-corrected chi connectivity index (χ3v) is 5.78. The molecule has 5 heteroatoms. The number of carbonyl (C=O) groups is 1. The van der Waals surface area contributed by atoms with Gasteiger partial charge in [-0.3, -0.25) is 9.69 Å². The summed E-state index contributed by atoms with van der Waals surface area (Å²) in [6.45, 7) is 7.11. The molecule has 2 aliphatic rings. The first-order valence-electron chi connectivity index (χ1n) is 9.14. The van der Waals surface area contributed by atoms with E-state index in [1.807, 2.05) is 18.3 Å². The van der Waals surface area contributed by atoms with Crippen LogP contribution >= 0.6 is 0 Å². The number of rotatable bonds is 4. The highest BCUT2D eigenvalue weighted by Crippen LogP contribution is 2.59. The summed E-state index contributed by atoms with van der Waals surface area (Å²) in [6.07, 6.45) is 6.93. The summed E-state index contributed by atoms with van der Waals surface area (Å²) < 4.78 is 0. The average molecular weight is 338 g/mol. The topological polar surface area (TPSA) is 61.0 Å². The van der Waals surface area contributed by atoms with Crippen molar-refractivity contribution in [2.24, 2.45) is 11.3 Å². The van der Waals surface area contributed by atoms with Crippen molar-refractivity contribution in [2.45, 2.75) is 39.7 Å². The predicted molar refractivity (Wildman–Crippen MR) is 98.2 cm³/mol. The van der Waals surface area contributed by atoms with Gasteiger partial charge in [0, 0.05) is 24.0 Å². The molecule has 4 rings (SSSR count). The molecule has 1 spiro atoms. The maximum absolute atomic E-state index is 12.7. The lowest BCUT2D eigenvalue weighted by atomic mass is 9.90. The van der Waals surface area contributed by atoms with E-state index >= 15 is 0 Å². The second-order valence-electron chi connectivity index (χ2n) is 7.80. The van der Waals surface area contributed by atoms with Crippen LogP contribution in [0.15, 0.2) is 30.6 Å². The minimum Gasteiger partial charge on any atom is -0.348 e. The quantitative estimate of drug-likeness (QED) is 0.899. The molecule has 1 aliphatic carbocycles. The second kappa shape index (κ2) is 6.30. The Morgan fingerprint density at radius 3 is 2.64 bits per heavy atom. The van der Waals surface area contributed by atoms with Gasteiger partial charge in [-0.2, -0.15) is 0 Å². The molecule has 1 atom stereocenters. The van der Waals surface area contributed by atoms with Crippen molar-refractivity contribution in [3.63, 3.8) is 0 Å². The van der Waals surface area contributed by atoms with Crippen LogP contribution in [-0.4, -0.2) is 33.9 Å². The third-order valence-electron chi connectivity index (χ3n) is 5.78. The largest absolute Gasteiger partial charge is 0.348 e. The predicted octanol–water partition coefficient (Wildman–Crippen LogP) is 3.27. The molecule has 2 N–H and O–H groups in total. The number of piperidine rings is 1. The first kappa shape index (κ1) is 16.3. The number of anilines is 1. The molecule has 5 nitrogen and oxygen atoms in total. The Kier molecular flexibility index (Phi) is 4.12. The molecule has 132 valence electrons. The van der Waals surface area contributed by atoms with Crippen LogP contribution in [0.5, 0.6) is 0 Å². The van der Waals surface area contributed by atoms with Crippen molar-refractivity contribution in [3.8, 4) is 0 Å². The smallest absolute Gasteiger partial charge is 0.228 e. The molecule has 1 aromatic heterocycles. The van der Waals surface area contributed by atoms with Gasteiger partial charge in [0.1, 0.15) is 5.82 Å². The van der Waals surface area contributed by atoms with Gasteiger partial charge in [-0.25, -0.2) is 4.98 Å². The third kappa shape index (κ3) is 3.47. The van der Waals surface area contributed by atoms with Crippen LogP contribution in [0.2, 0.25) is 0 Å². The van der Waals surface area contributed by atoms with E-state index in [4.69, 9.17) is 0 Å². The zero-order chi connectivity index (χ0) is 17.4. The van der Waals surface area contributed by atoms with Crippen LogP contribution < -0.4 is 5.32 Å². The molecule has 2 fully saturated rings. The zero-order valence-electron chi connectivity index (χ0n) is 15.0. The number of hydrogen-bond acceptors (Lipinski definition) is 3. The summed E-state index contributed by atoms with van der Waals surface area (Å²) in [4.78, 5) is 22.6. The summed E-state index contributed by atoms with van der Waals surface area (Å²) in [5.74, 6) is 1.40. The van der Waals surface area contributed by atoms with E-state index in [1.165, 1.54) is 11.1 Å². The Hall–Kier alpha value is -2.14. The van der Waals surface area contributed by atoms with E-state index in [-0.39, 0.29) is 17.2 Å². The van der Waals surface area contributed by atoms with Crippen LogP contribution in [0.3, 0.4) is 0 Å². The van der Waals surface area contributed by atoms with Crippen LogP contribution in [0.25, 0.3) is 0 Å².